The highest BCUT2D eigenvalue weighted by atomic mass is 16.4. The molecule has 1 rings (SSSR count). The number of nitrogens with zero attached hydrogens (tertiary/aromatic N) is 1. The second-order valence-electron chi connectivity index (χ2n) is 4.69. The van der Waals surface area contributed by atoms with Gasteiger partial charge in [-0.25, -0.2) is 4.79 Å². The first kappa shape index (κ1) is 16.0. The van der Waals surface area contributed by atoms with Crippen LogP contribution in [0.5, 0.6) is 0 Å². The normalized spacial score (nSPS) is 10.2. The number of urea groups is 1. The standard InChI is InChI=1S/C15H22N2O3/c1-4-11-6-7-13(10-12(11)5-2)16-15(20)17(3)9-8-14(18)19/h6-7,10H,4-5,8-9H2,1-3H3,(H,16,20)(H,18,19). The molecule has 0 saturated heterocycles. The van der Waals surface area contributed by atoms with Crippen LogP contribution in [0.15, 0.2) is 18.2 Å². The lowest BCUT2D eigenvalue weighted by Crippen LogP contribution is -2.33. The fourth-order valence-electron chi connectivity index (χ4n) is 1.96. The Morgan fingerprint density at radius 2 is 1.85 bits per heavy atom. The van der Waals surface area contributed by atoms with Crippen molar-refractivity contribution in [1.82, 2.24) is 4.90 Å². The van der Waals surface area contributed by atoms with Crippen molar-refractivity contribution in [3.63, 3.8) is 0 Å². The number of nitrogens with one attached hydrogen (secondary N) is 1. The molecule has 0 aliphatic rings. The lowest BCUT2D eigenvalue weighted by Gasteiger charge is -2.17. The van der Waals surface area contributed by atoms with Gasteiger partial charge in [0.1, 0.15) is 0 Å². The van der Waals surface area contributed by atoms with Gasteiger partial charge in [0.25, 0.3) is 0 Å². The summed E-state index contributed by atoms with van der Waals surface area (Å²) in [4.78, 5) is 23.7. The maximum atomic E-state index is 11.9. The number of hydrogen-bond donors (Lipinski definition) is 2. The SMILES string of the molecule is CCc1ccc(NC(=O)N(C)CCC(=O)O)cc1CC. The molecule has 0 radical (unpaired) electrons. The Morgan fingerprint density at radius 1 is 1.20 bits per heavy atom. The Balaban J connectivity index is 2.68. The van der Waals surface area contributed by atoms with E-state index in [1.807, 2.05) is 18.2 Å². The molecule has 110 valence electrons. The third-order valence-corrected chi connectivity index (χ3v) is 3.23. The Hall–Kier alpha value is -2.04. The third kappa shape index (κ3) is 4.57. The largest absolute Gasteiger partial charge is 0.481 e. The van der Waals surface area contributed by atoms with Gasteiger partial charge in [0.05, 0.1) is 6.42 Å². The van der Waals surface area contributed by atoms with E-state index in [1.165, 1.54) is 16.0 Å². The first-order valence-corrected chi connectivity index (χ1v) is 6.83. The van der Waals surface area contributed by atoms with E-state index in [2.05, 4.69) is 19.2 Å². The summed E-state index contributed by atoms with van der Waals surface area (Å²) in [6, 6.07) is 5.58. The molecule has 0 unspecified atom stereocenters. The van der Waals surface area contributed by atoms with Crippen molar-refractivity contribution in [3.05, 3.63) is 29.3 Å². The summed E-state index contributed by atoms with van der Waals surface area (Å²) in [5.74, 6) is -0.912. The van der Waals surface area contributed by atoms with Gasteiger partial charge in [0.15, 0.2) is 0 Å². The Labute approximate surface area is 119 Å². The molecule has 0 aromatic heterocycles. The monoisotopic (exact) mass is 278 g/mol. The summed E-state index contributed by atoms with van der Waals surface area (Å²) in [6.45, 7) is 4.38. The van der Waals surface area contributed by atoms with E-state index in [0.717, 1.165) is 18.5 Å². The molecule has 0 aliphatic carbocycles. The van der Waals surface area contributed by atoms with Gasteiger partial charge in [-0.3, -0.25) is 4.79 Å². The zero-order valence-electron chi connectivity index (χ0n) is 12.3. The summed E-state index contributed by atoms with van der Waals surface area (Å²) in [5.41, 5.74) is 3.24. The van der Waals surface area contributed by atoms with Crippen molar-refractivity contribution < 1.29 is 14.7 Å². The number of benzene rings is 1. The predicted octanol–water partition coefficient (Wildman–Crippen LogP) is 2.75. The van der Waals surface area contributed by atoms with Crippen LogP contribution < -0.4 is 5.32 Å². The van der Waals surface area contributed by atoms with Gasteiger partial charge in [-0.05, 0) is 36.1 Å². The molecule has 20 heavy (non-hydrogen) atoms. The molecule has 0 fully saturated rings. The molecular formula is C15H22N2O3. The smallest absolute Gasteiger partial charge is 0.321 e. The van der Waals surface area contributed by atoms with E-state index >= 15 is 0 Å². The summed E-state index contributed by atoms with van der Waals surface area (Å²) in [6.07, 6.45) is 1.83. The number of carbonyl (C=O) groups is 2. The Bertz CT molecular complexity index is 486. The number of rotatable bonds is 6. The molecule has 0 bridgehead atoms. The molecule has 1 aromatic rings. The van der Waals surface area contributed by atoms with E-state index in [4.69, 9.17) is 5.11 Å². The number of carboxylic acids is 1. The van der Waals surface area contributed by atoms with E-state index in [-0.39, 0.29) is 19.0 Å². The van der Waals surface area contributed by atoms with Gasteiger partial charge in [0.2, 0.25) is 0 Å². The lowest BCUT2D eigenvalue weighted by atomic mass is 10.0. The number of anilines is 1. The van der Waals surface area contributed by atoms with E-state index in [0.29, 0.717) is 0 Å². The summed E-state index contributed by atoms with van der Waals surface area (Å²) in [5, 5.41) is 11.4. The number of aryl methyl sites for hydroxylation is 2. The molecule has 5 nitrogen and oxygen atoms in total. The van der Waals surface area contributed by atoms with E-state index < -0.39 is 5.97 Å². The minimum atomic E-state index is -0.912. The second kappa shape index (κ2) is 7.53. The highest BCUT2D eigenvalue weighted by molar-refractivity contribution is 5.89. The maximum Gasteiger partial charge on any atom is 0.321 e. The molecule has 2 amide bonds. The Kier molecular flexibility index (Phi) is 6.03. The molecule has 1 aromatic carbocycles. The highest BCUT2D eigenvalue weighted by Gasteiger charge is 2.11. The number of carboxylic acid groups (broad SMARTS) is 1. The van der Waals surface area contributed by atoms with Crippen LogP contribution in [0, 0.1) is 0 Å². The zero-order valence-corrected chi connectivity index (χ0v) is 12.3. The topological polar surface area (TPSA) is 69.6 Å². The van der Waals surface area contributed by atoms with Crippen molar-refractivity contribution in [1.29, 1.82) is 0 Å². The van der Waals surface area contributed by atoms with Crippen LogP contribution in [0.3, 0.4) is 0 Å². The van der Waals surface area contributed by atoms with Crippen LogP contribution in [0.4, 0.5) is 10.5 Å². The van der Waals surface area contributed by atoms with Crippen molar-refractivity contribution in [2.24, 2.45) is 0 Å². The first-order valence-electron chi connectivity index (χ1n) is 6.83. The van der Waals surface area contributed by atoms with Crippen molar-refractivity contribution in [2.75, 3.05) is 18.9 Å². The summed E-state index contributed by atoms with van der Waals surface area (Å²) in [7, 11) is 1.58. The molecule has 0 atom stereocenters. The molecule has 2 N–H and O–H groups in total. The summed E-state index contributed by atoms with van der Waals surface area (Å²) >= 11 is 0. The fraction of sp³-hybridized carbons (Fsp3) is 0.467. The molecule has 0 saturated carbocycles. The number of aliphatic carboxylic acids is 1. The predicted molar refractivity (Wildman–Crippen MR) is 79.1 cm³/mol. The first-order chi connectivity index (χ1) is 9.47. The number of carbonyl (C=O) groups excluding carboxylic acids is 1. The van der Waals surface area contributed by atoms with E-state index in [1.54, 1.807) is 7.05 Å². The number of amides is 2. The van der Waals surface area contributed by atoms with Crippen LogP contribution in [-0.2, 0) is 17.6 Å². The minimum Gasteiger partial charge on any atom is -0.481 e. The van der Waals surface area contributed by atoms with E-state index in [9.17, 15) is 9.59 Å². The maximum absolute atomic E-state index is 11.9. The Morgan fingerprint density at radius 3 is 2.40 bits per heavy atom. The van der Waals surface area contributed by atoms with Gasteiger partial charge >= 0.3 is 12.0 Å². The van der Waals surface area contributed by atoms with Crippen LogP contribution >= 0.6 is 0 Å². The van der Waals surface area contributed by atoms with Crippen molar-refractivity contribution in [2.45, 2.75) is 33.1 Å². The quantitative estimate of drug-likeness (QED) is 0.840. The van der Waals surface area contributed by atoms with Crippen LogP contribution in [0.2, 0.25) is 0 Å². The van der Waals surface area contributed by atoms with Crippen molar-refractivity contribution in [3.8, 4) is 0 Å². The fourth-order valence-corrected chi connectivity index (χ4v) is 1.96. The second-order valence-corrected chi connectivity index (χ2v) is 4.69. The zero-order chi connectivity index (χ0) is 15.1. The van der Waals surface area contributed by atoms with Crippen LogP contribution in [0.25, 0.3) is 0 Å². The molecule has 5 heteroatoms. The number of hydrogen-bond acceptors (Lipinski definition) is 2. The van der Waals surface area contributed by atoms with Gasteiger partial charge in [-0.15, -0.1) is 0 Å². The van der Waals surface area contributed by atoms with Crippen LogP contribution in [-0.4, -0.2) is 35.6 Å². The highest BCUT2D eigenvalue weighted by Crippen LogP contribution is 2.17. The van der Waals surface area contributed by atoms with Gasteiger partial charge in [-0.2, -0.15) is 0 Å². The minimum absolute atomic E-state index is 0.0566. The molecule has 0 heterocycles. The van der Waals surface area contributed by atoms with Gasteiger partial charge in [-0.1, -0.05) is 19.9 Å². The van der Waals surface area contributed by atoms with Crippen LogP contribution in [0.1, 0.15) is 31.4 Å². The molecule has 0 aliphatic heterocycles. The molecular weight excluding hydrogens is 256 g/mol. The lowest BCUT2D eigenvalue weighted by molar-refractivity contribution is -0.137. The third-order valence-electron chi connectivity index (χ3n) is 3.23. The molecule has 0 spiro atoms. The van der Waals surface area contributed by atoms with Gasteiger partial charge in [0, 0.05) is 19.3 Å². The van der Waals surface area contributed by atoms with Gasteiger partial charge < -0.3 is 15.3 Å². The average Bonchev–Trinajstić information content (AvgIpc) is 2.44. The van der Waals surface area contributed by atoms with Crippen molar-refractivity contribution >= 4 is 17.7 Å². The summed E-state index contributed by atoms with van der Waals surface area (Å²) < 4.78 is 0. The average molecular weight is 278 g/mol.